The van der Waals surface area contributed by atoms with Crippen LogP contribution in [0.4, 0.5) is 0 Å². The molecule has 0 aromatic heterocycles. The topological polar surface area (TPSA) is 0 Å². The van der Waals surface area contributed by atoms with Crippen molar-refractivity contribution in [3.8, 4) is 0 Å². The SMILES string of the molecule is C1=C[CH]([Ti](=[SiH]Cc2ccccc2)[CH]2C=Cc3ccccc32)c2ccccc21.Cl.Cl. The van der Waals surface area contributed by atoms with Crippen molar-refractivity contribution in [2.75, 3.05) is 0 Å². The van der Waals surface area contributed by atoms with Crippen LogP contribution in [-0.4, -0.2) is 6.91 Å². The first kappa shape index (κ1) is 22.3. The number of halogens is 2. The van der Waals surface area contributed by atoms with Gasteiger partial charge in [-0.2, -0.15) is 0 Å². The number of benzene rings is 3. The van der Waals surface area contributed by atoms with Gasteiger partial charge >= 0.3 is 169 Å². The van der Waals surface area contributed by atoms with E-state index in [2.05, 4.69) is 103 Å². The summed E-state index contributed by atoms with van der Waals surface area (Å²) < 4.78 is 1.39. The van der Waals surface area contributed by atoms with Crippen molar-refractivity contribution in [3.05, 3.63) is 119 Å². The molecule has 2 atom stereocenters. The summed E-state index contributed by atoms with van der Waals surface area (Å²) in [6.45, 7) is 0.455. The molecule has 0 heterocycles. The van der Waals surface area contributed by atoms with Gasteiger partial charge in [0.15, 0.2) is 0 Å². The summed E-state index contributed by atoms with van der Waals surface area (Å²) in [5.41, 5.74) is 7.59. The fourth-order valence-electron chi connectivity index (χ4n) is 4.38. The molecule has 146 valence electrons. The van der Waals surface area contributed by atoms with Gasteiger partial charge in [0, 0.05) is 0 Å². The quantitative estimate of drug-likeness (QED) is 0.380. The van der Waals surface area contributed by atoms with Crippen molar-refractivity contribution in [2.45, 2.75) is 14.5 Å². The Bertz CT molecular complexity index is 1010. The van der Waals surface area contributed by atoms with Gasteiger partial charge in [-0.3, -0.25) is 0 Å². The van der Waals surface area contributed by atoms with Crippen LogP contribution in [0.25, 0.3) is 12.2 Å². The Balaban J connectivity index is 0.00000120. The first-order valence-corrected chi connectivity index (χ1v) is 15.6. The summed E-state index contributed by atoms with van der Waals surface area (Å²) in [4.78, 5) is 0. The molecular weight excluding hydrogens is 447 g/mol. The van der Waals surface area contributed by atoms with Gasteiger partial charge in [0.2, 0.25) is 0 Å². The maximum atomic E-state index is 2.53. The van der Waals surface area contributed by atoms with Crippen LogP contribution in [0.15, 0.2) is 91.0 Å². The molecular formula is C25H24Cl2SiTi. The van der Waals surface area contributed by atoms with Crippen LogP contribution in [0.3, 0.4) is 0 Å². The number of hydrogen-bond donors (Lipinski definition) is 0. The third-order valence-electron chi connectivity index (χ3n) is 5.73. The van der Waals surface area contributed by atoms with Crippen molar-refractivity contribution in [2.24, 2.45) is 0 Å². The molecule has 0 bridgehead atoms. The summed E-state index contributed by atoms with van der Waals surface area (Å²) in [5, 5.41) is 0. The molecule has 0 saturated heterocycles. The first-order chi connectivity index (χ1) is 13.4. The Morgan fingerprint density at radius 2 is 1.10 bits per heavy atom. The van der Waals surface area contributed by atoms with E-state index in [4.69, 9.17) is 0 Å². The van der Waals surface area contributed by atoms with Crippen LogP contribution < -0.4 is 0 Å². The van der Waals surface area contributed by atoms with Crippen LogP contribution in [0.1, 0.15) is 36.3 Å². The smallest absolute Gasteiger partial charge is 0.147 e. The molecule has 3 aromatic carbocycles. The van der Waals surface area contributed by atoms with Gasteiger partial charge in [-0.05, 0) is 0 Å². The van der Waals surface area contributed by atoms with E-state index in [1.807, 2.05) is 0 Å². The summed E-state index contributed by atoms with van der Waals surface area (Å²) in [5.74, 6) is 0. The van der Waals surface area contributed by atoms with E-state index in [9.17, 15) is 0 Å². The third kappa shape index (κ3) is 4.55. The maximum Gasteiger partial charge on any atom is -0.147 e. The van der Waals surface area contributed by atoms with E-state index < -0.39 is 16.6 Å². The Morgan fingerprint density at radius 1 is 0.621 bits per heavy atom. The fraction of sp³-hybridized carbons (Fsp3) is 0.120. The molecule has 0 radical (unpaired) electrons. The van der Waals surface area contributed by atoms with Crippen LogP contribution in [-0.2, 0) is 22.7 Å². The second-order valence-electron chi connectivity index (χ2n) is 7.33. The molecule has 0 N–H and O–H groups in total. The predicted octanol–water partition coefficient (Wildman–Crippen LogP) is 6.54. The van der Waals surface area contributed by atoms with Gasteiger partial charge in [0.25, 0.3) is 0 Å². The fourth-order valence-corrected chi connectivity index (χ4v) is 16.2. The second-order valence-corrected chi connectivity index (χ2v) is 16.3. The Kier molecular flexibility index (Phi) is 7.79. The van der Waals surface area contributed by atoms with Gasteiger partial charge in [-0.15, -0.1) is 24.8 Å². The van der Waals surface area contributed by atoms with Crippen molar-refractivity contribution < 1.29 is 16.6 Å². The van der Waals surface area contributed by atoms with Crippen molar-refractivity contribution >= 4 is 43.9 Å². The Labute approximate surface area is 192 Å². The first-order valence-electron chi connectivity index (χ1n) is 9.68. The van der Waals surface area contributed by atoms with Crippen LogP contribution in [0.2, 0.25) is 0 Å². The minimum Gasteiger partial charge on any atom is -0.147 e. The Hall–Kier alpha value is -1.35. The summed E-state index contributed by atoms with van der Waals surface area (Å²) >= 11 is -1.42. The molecule has 2 unspecified atom stereocenters. The van der Waals surface area contributed by atoms with E-state index >= 15 is 0 Å². The average Bonchev–Trinajstić information content (AvgIpc) is 3.34. The van der Waals surface area contributed by atoms with Crippen molar-refractivity contribution in [3.63, 3.8) is 0 Å². The molecule has 0 saturated carbocycles. The average molecular weight is 471 g/mol. The maximum absolute atomic E-state index is 2.53. The van der Waals surface area contributed by atoms with Gasteiger partial charge in [0.05, 0.1) is 0 Å². The molecule has 3 aromatic rings. The van der Waals surface area contributed by atoms with E-state index in [1.165, 1.54) is 22.7 Å². The number of rotatable bonds is 4. The van der Waals surface area contributed by atoms with Gasteiger partial charge < -0.3 is 0 Å². The standard InChI is InChI=1S/2C9H7.C7H8Si.2ClH.Ti/c2*1-2-5-9-7-3-6-8(9)4-1;8-6-7-4-2-1-3-5-7;;;/h2*1-7H;1-5,8H,6H2;2*1H;. The number of allylic oxidation sites excluding steroid dienone is 2. The third-order valence-corrected chi connectivity index (χ3v) is 16.8. The van der Waals surface area contributed by atoms with Gasteiger partial charge in [0.1, 0.15) is 0 Å². The minimum atomic E-state index is -1.42. The zero-order valence-corrected chi connectivity index (χ0v) is 20.4. The molecule has 0 amide bonds. The molecule has 29 heavy (non-hydrogen) atoms. The molecule has 0 aliphatic heterocycles. The molecule has 0 fully saturated rings. The zero-order chi connectivity index (χ0) is 18.1. The Morgan fingerprint density at radius 3 is 1.66 bits per heavy atom. The number of fused-ring (bicyclic) bond motifs is 2. The predicted molar refractivity (Wildman–Crippen MR) is 128 cm³/mol. The van der Waals surface area contributed by atoms with Gasteiger partial charge in [-0.25, -0.2) is 0 Å². The molecule has 5 rings (SSSR count). The van der Waals surface area contributed by atoms with Crippen molar-refractivity contribution in [1.29, 1.82) is 0 Å². The summed E-state index contributed by atoms with van der Waals surface area (Å²) in [6, 6.07) is 30.5. The summed E-state index contributed by atoms with van der Waals surface area (Å²) in [6.07, 6.45) is 9.82. The monoisotopic (exact) mass is 470 g/mol. The van der Waals surface area contributed by atoms with E-state index in [-0.39, 0.29) is 24.8 Å². The van der Waals surface area contributed by atoms with E-state index in [1.54, 1.807) is 11.1 Å². The molecule has 2 aliphatic rings. The van der Waals surface area contributed by atoms with Gasteiger partial charge in [-0.1, -0.05) is 0 Å². The van der Waals surface area contributed by atoms with Crippen LogP contribution in [0.5, 0.6) is 0 Å². The summed E-state index contributed by atoms with van der Waals surface area (Å²) in [7, 11) is 0. The van der Waals surface area contributed by atoms with Crippen LogP contribution in [0, 0.1) is 0 Å². The largest absolute Gasteiger partial charge is 0.147 e. The minimum absolute atomic E-state index is 0. The molecule has 4 heteroatoms. The van der Waals surface area contributed by atoms with Crippen LogP contribution >= 0.6 is 24.8 Å². The molecule has 2 aliphatic carbocycles. The molecule has 0 spiro atoms. The van der Waals surface area contributed by atoms with E-state index in [0.29, 0.717) is 15.4 Å². The normalized spacial score (nSPS) is 17.7. The molecule has 0 nitrogen and oxygen atoms in total. The second kappa shape index (κ2) is 10.1. The van der Waals surface area contributed by atoms with E-state index in [0.717, 1.165) is 0 Å². The zero-order valence-electron chi connectivity index (χ0n) is 16.1. The van der Waals surface area contributed by atoms with Crippen molar-refractivity contribution in [1.82, 2.24) is 0 Å². The number of hydrogen-bond acceptors (Lipinski definition) is 0.